The Bertz CT molecular complexity index is 770. The fourth-order valence-corrected chi connectivity index (χ4v) is 4.02. The maximum atomic E-state index is 12.7. The highest BCUT2D eigenvalue weighted by molar-refractivity contribution is 5.76. The molecule has 2 aromatic rings. The van der Waals surface area contributed by atoms with Crippen molar-refractivity contribution in [3.8, 4) is 0 Å². The van der Waals surface area contributed by atoms with Crippen LogP contribution < -0.4 is 10.2 Å². The summed E-state index contributed by atoms with van der Waals surface area (Å²) in [6.45, 7) is 10.4. The molecule has 0 aliphatic carbocycles. The third-order valence-electron chi connectivity index (χ3n) is 5.71. The zero-order valence-electron chi connectivity index (χ0n) is 18.6. The van der Waals surface area contributed by atoms with Crippen molar-refractivity contribution < 1.29 is 4.79 Å². The fraction of sp³-hybridized carbons (Fsp3) is 0.542. The van der Waals surface area contributed by atoms with Gasteiger partial charge >= 0.3 is 0 Å². The van der Waals surface area contributed by atoms with Gasteiger partial charge in [0, 0.05) is 57.6 Å². The molecule has 0 bridgehead atoms. The van der Waals surface area contributed by atoms with Crippen molar-refractivity contribution in [2.75, 3.05) is 37.6 Å². The molecule has 1 fully saturated rings. The lowest BCUT2D eigenvalue weighted by molar-refractivity contribution is -0.131. The van der Waals surface area contributed by atoms with Gasteiger partial charge in [-0.05, 0) is 29.5 Å². The number of benzene rings is 1. The summed E-state index contributed by atoms with van der Waals surface area (Å²) in [4.78, 5) is 25.4. The number of hydrogen-bond acceptors (Lipinski definition) is 5. The van der Waals surface area contributed by atoms with Crippen LogP contribution in [0.1, 0.15) is 50.8 Å². The van der Waals surface area contributed by atoms with Crippen LogP contribution in [-0.4, -0.2) is 53.5 Å². The molecule has 1 saturated heterocycles. The standard InChI is InChI=1S/C24H35N5O/c1-4-6-20-7-9-21(10-8-20)23(19(2)3)25-14-11-22(30)28-15-17-29(18-16-28)24-26-12-5-13-27-24/h5,7-10,12-13,19,23,25H,4,6,11,14-18H2,1-3H3. The Morgan fingerprint density at radius 1 is 1.07 bits per heavy atom. The van der Waals surface area contributed by atoms with Crippen molar-refractivity contribution in [3.05, 3.63) is 53.9 Å². The fourth-order valence-electron chi connectivity index (χ4n) is 4.02. The van der Waals surface area contributed by atoms with Crippen LogP contribution in [-0.2, 0) is 11.2 Å². The summed E-state index contributed by atoms with van der Waals surface area (Å²) >= 11 is 0. The molecule has 0 spiro atoms. The minimum absolute atomic E-state index is 0.219. The van der Waals surface area contributed by atoms with E-state index in [1.165, 1.54) is 17.5 Å². The number of piperazine rings is 1. The van der Waals surface area contributed by atoms with Gasteiger partial charge in [-0.15, -0.1) is 0 Å². The predicted molar refractivity (Wildman–Crippen MR) is 121 cm³/mol. The minimum atomic E-state index is 0.219. The molecular formula is C24H35N5O. The second kappa shape index (κ2) is 11.1. The van der Waals surface area contributed by atoms with Gasteiger partial charge in [0.2, 0.25) is 11.9 Å². The van der Waals surface area contributed by atoms with Crippen molar-refractivity contribution >= 4 is 11.9 Å². The van der Waals surface area contributed by atoms with Gasteiger partial charge in [-0.3, -0.25) is 4.79 Å². The van der Waals surface area contributed by atoms with Crippen LogP contribution in [0.4, 0.5) is 5.95 Å². The van der Waals surface area contributed by atoms with Crippen LogP contribution in [0.2, 0.25) is 0 Å². The van der Waals surface area contributed by atoms with Crippen molar-refractivity contribution in [2.45, 2.75) is 46.1 Å². The summed E-state index contributed by atoms with van der Waals surface area (Å²) in [5, 5.41) is 3.61. The number of aryl methyl sites for hydroxylation is 1. The molecule has 1 atom stereocenters. The molecule has 0 radical (unpaired) electrons. The lowest BCUT2D eigenvalue weighted by atomic mass is 9.94. The molecule has 3 rings (SSSR count). The van der Waals surface area contributed by atoms with E-state index in [0.29, 0.717) is 18.9 Å². The van der Waals surface area contributed by atoms with Gasteiger partial charge in [-0.1, -0.05) is 51.5 Å². The molecule has 6 heteroatoms. The SMILES string of the molecule is CCCc1ccc(C(NCCC(=O)N2CCN(c3ncccn3)CC2)C(C)C)cc1. The highest BCUT2D eigenvalue weighted by atomic mass is 16.2. The second-order valence-corrected chi connectivity index (χ2v) is 8.33. The van der Waals surface area contributed by atoms with Crippen LogP contribution in [0.3, 0.4) is 0 Å². The van der Waals surface area contributed by atoms with E-state index < -0.39 is 0 Å². The summed E-state index contributed by atoms with van der Waals surface area (Å²) in [6.07, 6.45) is 6.33. The van der Waals surface area contributed by atoms with Crippen LogP contribution in [0.15, 0.2) is 42.7 Å². The Morgan fingerprint density at radius 2 is 1.73 bits per heavy atom. The number of carbonyl (C=O) groups is 1. The van der Waals surface area contributed by atoms with E-state index in [4.69, 9.17) is 0 Å². The topological polar surface area (TPSA) is 61.4 Å². The number of aromatic nitrogens is 2. The summed E-state index contributed by atoms with van der Waals surface area (Å²) < 4.78 is 0. The number of anilines is 1. The number of rotatable bonds is 9. The smallest absolute Gasteiger partial charge is 0.225 e. The molecule has 1 aliphatic rings. The molecule has 2 heterocycles. The maximum Gasteiger partial charge on any atom is 0.225 e. The lowest BCUT2D eigenvalue weighted by Crippen LogP contribution is -2.49. The largest absolute Gasteiger partial charge is 0.339 e. The van der Waals surface area contributed by atoms with Gasteiger partial charge in [-0.25, -0.2) is 9.97 Å². The summed E-state index contributed by atoms with van der Waals surface area (Å²) in [6, 6.07) is 11.0. The normalized spacial score (nSPS) is 15.5. The van der Waals surface area contributed by atoms with E-state index in [1.54, 1.807) is 12.4 Å². The van der Waals surface area contributed by atoms with Crippen molar-refractivity contribution in [1.29, 1.82) is 0 Å². The van der Waals surface area contributed by atoms with Gasteiger partial charge < -0.3 is 15.1 Å². The summed E-state index contributed by atoms with van der Waals surface area (Å²) in [7, 11) is 0. The quantitative estimate of drug-likeness (QED) is 0.687. The average molecular weight is 410 g/mol. The Labute approximate surface area is 180 Å². The third kappa shape index (κ3) is 6.02. The minimum Gasteiger partial charge on any atom is -0.339 e. The third-order valence-corrected chi connectivity index (χ3v) is 5.71. The van der Waals surface area contributed by atoms with Crippen molar-refractivity contribution in [1.82, 2.24) is 20.2 Å². The first-order valence-corrected chi connectivity index (χ1v) is 11.2. The Kier molecular flexibility index (Phi) is 8.20. The number of hydrogen-bond donors (Lipinski definition) is 1. The first kappa shape index (κ1) is 22.2. The molecule has 0 saturated carbocycles. The number of carbonyl (C=O) groups excluding carboxylic acids is 1. The van der Waals surface area contributed by atoms with Gasteiger partial charge in [0.25, 0.3) is 0 Å². The Balaban J connectivity index is 1.45. The van der Waals surface area contributed by atoms with E-state index in [-0.39, 0.29) is 11.9 Å². The molecule has 6 nitrogen and oxygen atoms in total. The van der Waals surface area contributed by atoms with Crippen LogP contribution in [0.25, 0.3) is 0 Å². The summed E-state index contributed by atoms with van der Waals surface area (Å²) in [5.41, 5.74) is 2.69. The van der Waals surface area contributed by atoms with Crippen LogP contribution >= 0.6 is 0 Å². The first-order valence-electron chi connectivity index (χ1n) is 11.2. The molecule has 1 amide bonds. The van der Waals surface area contributed by atoms with Crippen molar-refractivity contribution in [2.24, 2.45) is 5.92 Å². The van der Waals surface area contributed by atoms with Crippen LogP contribution in [0.5, 0.6) is 0 Å². The zero-order chi connectivity index (χ0) is 21.3. The predicted octanol–water partition coefficient (Wildman–Crippen LogP) is 3.45. The average Bonchev–Trinajstić information content (AvgIpc) is 2.78. The molecule has 30 heavy (non-hydrogen) atoms. The Morgan fingerprint density at radius 3 is 2.33 bits per heavy atom. The van der Waals surface area contributed by atoms with Gasteiger partial charge in [0.1, 0.15) is 0 Å². The first-order chi connectivity index (χ1) is 14.6. The van der Waals surface area contributed by atoms with Gasteiger partial charge in [0.05, 0.1) is 0 Å². The molecule has 1 aromatic carbocycles. The number of nitrogens with one attached hydrogen (secondary N) is 1. The molecule has 1 N–H and O–H groups in total. The number of amides is 1. The van der Waals surface area contributed by atoms with E-state index in [1.807, 2.05) is 11.0 Å². The maximum absolute atomic E-state index is 12.7. The molecular weight excluding hydrogens is 374 g/mol. The monoisotopic (exact) mass is 409 g/mol. The van der Waals surface area contributed by atoms with Gasteiger partial charge in [-0.2, -0.15) is 0 Å². The zero-order valence-corrected chi connectivity index (χ0v) is 18.6. The lowest BCUT2D eigenvalue weighted by Gasteiger charge is -2.35. The van der Waals surface area contributed by atoms with E-state index in [9.17, 15) is 4.79 Å². The van der Waals surface area contributed by atoms with E-state index in [0.717, 1.165) is 38.5 Å². The van der Waals surface area contributed by atoms with E-state index in [2.05, 4.69) is 65.2 Å². The Hall–Kier alpha value is -2.47. The second-order valence-electron chi connectivity index (χ2n) is 8.33. The molecule has 1 aromatic heterocycles. The summed E-state index contributed by atoms with van der Waals surface area (Å²) in [5.74, 6) is 1.43. The highest BCUT2D eigenvalue weighted by Crippen LogP contribution is 2.22. The van der Waals surface area contributed by atoms with Crippen molar-refractivity contribution in [3.63, 3.8) is 0 Å². The molecule has 1 unspecified atom stereocenters. The van der Waals surface area contributed by atoms with Gasteiger partial charge in [0.15, 0.2) is 0 Å². The molecule has 1 aliphatic heterocycles. The highest BCUT2D eigenvalue weighted by Gasteiger charge is 2.23. The number of nitrogens with zero attached hydrogens (tertiary/aromatic N) is 4. The molecule has 162 valence electrons. The van der Waals surface area contributed by atoms with Crippen LogP contribution in [0, 0.1) is 5.92 Å². The van der Waals surface area contributed by atoms with E-state index >= 15 is 0 Å².